The Hall–Kier alpha value is -2.51. The summed E-state index contributed by atoms with van der Waals surface area (Å²) < 4.78 is 0. The van der Waals surface area contributed by atoms with E-state index in [1.54, 1.807) is 4.90 Å². The number of hydrogen-bond donors (Lipinski definition) is 1. The van der Waals surface area contributed by atoms with E-state index < -0.39 is 0 Å². The highest BCUT2D eigenvalue weighted by atomic mass is 35.5. The molecule has 0 aromatic heterocycles. The van der Waals surface area contributed by atoms with E-state index in [4.69, 9.17) is 16.9 Å². The lowest BCUT2D eigenvalue weighted by atomic mass is 10.0. The van der Waals surface area contributed by atoms with Crippen molar-refractivity contribution in [3.05, 3.63) is 59.1 Å². The van der Waals surface area contributed by atoms with Crippen LogP contribution in [-0.4, -0.2) is 29.9 Å². The lowest BCUT2D eigenvalue weighted by molar-refractivity contribution is 0.0939. The lowest BCUT2D eigenvalue weighted by Crippen LogP contribution is -2.36. The van der Waals surface area contributed by atoms with Gasteiger partial charge in [-0.05, 0) is 41.8 Å². The van der Waals surface area contributed by atoms with Crippen LogP contribution in [0.25, 0.3) is 11.1 Å². The maximum absolute atomic E-state index is 12.3. The van der Waals surface area contributed by atoms with Crippen LogP contribution in [0.2, 0.25) is 5.02 Å². The number of carbonyl (C=O) groups is 1. The second-order valence-electron chi connectivity index (χ2n) is 5.59. The maximum Gasteiger partial charge on any atom is 0.251 e. The van der Waals surface area contributed by atoms with Crippen LogP contribution in [0.1, 0.15) is 16.8 Å². The molecule has 1 aliphatic rings. The molecule has 0 radical (unpaired) electrons. The molecule has 23 heavy (non-hydrogen) atoms. The maximum atomic E-state index is 12.3. The number of nitrogens with zero attached hydrogens (tertiary/aromatic N) is 2. The second-order valence-corrected chi connectivity index (χ2v) is 6.03. The minimum atomic E-state index is -0.104. The summed E-state index contributed by atoms with van der Waals surface area (Å²) in [6, 6.07) is 15.1. The van der Waals surface area contributed by atoms with Gasteiger partial charge in [-0.1, -0.05) is 35.9 Å². The van der Waals surface area contributed by atoms with Gasteiger partial charge in [0.25, 0.3) is 5.91 Å². The van der Waals surface area contributed by atoms with Gasteiger partial charge in [-0.2, -0.15) is 5.26 Å². The minimum absolute atomic E-state index is 0.0368. The van der Waals surface area contributed by atoms with Crippen LogP contribution in [0.3, 0.4) is 0 Å². The summed E-state index contributed by atoms with van der Waals surface area (Å²) in [4.78, 5) is 13.9. The first kappa shape index (κ1) is 15.4. The van der Waals surface area contributed by atoms with E-state index in [1.807, 2.05) is 48.5 Å². The molecule has 0 saturated carbocycles. The summed E-state index contributed by atoms with van der Waals surface area (Å²) in [6.07, 6.45) is 2.91. The van der Waals surface area contributed by atoms with Gasteiger partial charge in [0.1, 0.15) is 0 Å². The van der Waals surface area contributed by atoms with Gasteiger partial charge in [0, 0.05) is 29.7 Å². The summed E-state index contributed by atoms with van der Waals surface area (Å²) in [5.74, 6) is -0.104. The third-order valence-corrected chi connectivity index (χ3v) is 4.21. The molecule has 5 heteroatoms. The Morgan fingerprint density at radius 2 is 2.00 bits per heavy atom. The van der Waals surface area contributed by atoms with Gasteiger partial charge >= 0.3 is 0 Å². The van der Waals surface area contributed by atoms with Gasteiger partial charge in [0.2, 0.25) is 0 Å². The molecule has 4 nitrogen and oxygen atoms in total. The summed E-state index contributed by atoms with van der Waals surface area (Å²) in [6.45, 7) is 1.29. The summed E-state index contributed by atoms with van der Waals surface area (Å²) in [5.41, 5.74) is 2.65. The number of rotatable bonds is 3. The summed E-state index contributed by atoms with van der Waals surface area (Å²) in [5, 5.41) is 12.5. The first-order chi connectivity index (χ1) is 11.2. The number of hydrogen-bond acceptors (Lipinski definition) is 3. The van der Waals surface area contributed by atoms with E-state index in [9.17, 15) is 4.79 Å². The van der Waals surface area contributed by atoms with Crippen molar-refractivity contribution in [1.82, 2.24) is 10.2 Å². The molecule has 116 valence electrons. The molecular weight excluding hydrogens is 310 g/mol. The number of carbonyl (C=O) groups excluding carboxylic acids is 1. The number of nitriles is 1. The molecule has 2 aromatic carbocycles. The van der Waals surface area contributed by atoms with E-state index in [1.165, 1.54) is 0 Å². The van der Waals surface area contributed by atoms with Crippen LogP contribution in [-0.2, 0) is 0 Å². The van der Waals surface area contributed by atoms with E-state index in [0.29, 0.717) is 23.7 Å². The Labute approximate surface area is 140 Å². The van der Waals surface area contributed by atoms with E-state index >= 15 is 0 Å². The highest BCUT2D eigenvalue weighted by Gasteiger charge is 2.23. The Kier molecular flexibility index (Phi) is 4.50. The zero-order chi connectivity index (χ0) is 16.2. The highest BCUT2D eigenvalue weighted by molar-refractivity contribution is 6.30. The van der Waals surface area contributed by atoms with Crippen molar-refractivity contribution in [3.63, 3.8) is 0 Å². The van der Waals surface area contributed by atoms with Crippen molar-refractivity contribution in [2.75, 3.05) is 13.1 Å². The standard InChI is InChI=1S/C18H16ClN3O/c19-16-3-1-2-15(10-16)13-4-6-14(7-5-13)18(23)21-17-8-9-22(11-17)12-20/h1-7,10,17H,8-9,11H2,(H,21,23)/t17-/m1/s1. The van der Waals surface area contributed by atoms with Crippen molar-refractivity contribution < 1.29 is 4.79 Å². The van der Waals surface area contributed by atoms with Gasteiger partial charge in [0.15, 0.2) is 6.19 Å². The molecule has 1 aliphatic heterocycles. The molecule has 1 fully saturated rings. The van der Waals surface area contributed by atoms with E-state index in [0.717, 1.165) is 17.5 Å². The van der Waals surface area contributed by atoms with E-state index in [2.05, 4.69) is 11.5 Å². The van der Waals surface area contributed by atoms with Gasteiger partial charge < -0.3 is 10.2 Å². The Balaban J connectivity index is 1.67. The monoisotopic (exact) mass is 325 g/mol. The van der Waals surface area contributed by atoms with Crippen molar-refractivity contribution in [1.29, 1.82) is 5.26 Å². The normalized spacial score (nSPS) is 16.9. The third kappa shape index (κ3) is 3.64. The van der Waals surface area contributed by atoms with Crippen LogP contribution in [0, 0.1) is 11.5 Å². The fourth-order valence-electron chi connectivity index (χ4n) is 2.72. The minimum Gasteiger partial charge on any atom is -0.347 e. The molecule has 2 aromatic rings. The molecule has 1 atom stereocenters. The average molecular weight is 326 g/mol. The molecule has 0 unspecified atom stereocenters. The van der Waals surface area contributed by atoms with Gasteiger partial charge in [0.05, 0.1) is 0 Å². The summed E-state index contributed by atoms with van der Waals surface area (Å²) >= 11 is 6.00. The number of nitrogens with one attached hydrogen (secondary N) is 1. The van der Waals surface area contributed by atoms with Crippen molar-refractivity contribution >= 4 is 17.5 Å². The largest absolute Gasteiger partial charge is 0.347 e. The lowest BCUT2D eigenvalue weighted by Gasteiger charge is -2.12. The zero-order valence-electron chi connectivity index (χ0n) is 12.5. The molecule has 0 bridgehead atoms. The topological polar surface area (TPSA) is 56.1 Å². The quantitative estimate of drug-likeness (QED) is 0.881. The molecule has 0 aliphatic carbocycles. The molecular formula is C18H16ClN3O. The summed E-state index contributed by atoms with van der Waals surface area (Å²) in [7, 11) is 0. The van der Waals surface area contributed by atoms with Crippen LogP contribution in [0.4, 0.5) is 0 Å². The molecule has 1 heterocycles. The molecule has 3 rings (SSSR count). The number of amides is 1. The van der Waals surface area contributed by atoms with E-state index in [-0.39, 0.29) is 11.9 Å². The van der Waals surface area contributed by atoms with Gasteiger partial charge in [-0.25, -0.2) is 0 Å². The zero-order valence-corrected chi connectivity index (χ0v) is 13.3. The number of benzene rings is 2. The average Bonchev–Trinajstić information content (AvgIpc) is 3.02. The van der Waals surface area contributed by atoms with Gasteiger partial charge in [-0.3, -0.25) is 4.79 Å². The molecule has 1 N–H and O–H groups in total. The first-order valence-electron chi connectivity index (χ1n) is 7.47. The highest BCUT2D eigenvalue weighted by Crippen LogP contribution is 2.23. The van der Waals surface area contributed by atoms with Crippen molar-refractivity contribution in [3.8, 4) is 17.3 Å². The Morgan fingerprint density at radius 1 is 1.22 bits per heavy atom. The Morgan fingerprint density at radius 3 is 2.65 bits per heavy atom. The second kappa shape index (κ2) is 6.72. The van der Waals surface area contributed by atoms with Crippen LogP contribution >= 0.6 is 11.6 Å². The fraction of sp³-hybridized carbons (Fsp3) is 0.222. The molecule has 1 saturated heterocycles. The SMILES string of the molecule is N#CN1CC[C@@H](NC(=O)c2ccc(-c3cccc(Cl)c3)cc2)C1. The number of likely N-dealkylation sites (tertiary alicyclic amines) is 1. The molecule has 1 amide bonds. The van der Waals surface area contributed by atoms with Crippen LogP contribution in [0.5, 0.6) is 0 Å². The predicted molar refractivity (Wildman–Crippen MR) is 89.9 cm³/mol. The fourth-order valence-corrected chi connectivity index (χ4v) is 2.91. The first-order valence-corrected chi connectivity index (χ1v) is 7.85. The smallest absolute Gasteiger partial charge is 0.251 e. The molecule has 0 spiro atoms. The number of halogens is 1. The predicted octanol–water partition coefficient (Wildman–Crippen LogP) is 3.29. The van der Waals surface area contributed by atoms with Crippen molar-refractivity contribution in [2.24, 2.45) is 0 Å². The van der Waals surface area contributed by atoms with Crippen LogP contribution in [0.15, 0.2) is 48.5 Å². The Bertz CT molecular complexity index is 752. The third-order valence-electron chi connectivity index (χ3n) is 3.97. The van der Waals surface area contributed by atoms with Crippen LogP contribution < -0.4 is 5.32 Å². The van der Waals surface area contributed by atoms with Crippen molar-refractivity contribution in [2.45, 2.75) is 12.5 Å². The van der Waals surface area contributed by atoms with Gasteiger partial charge in [-0.15, -0.1) is 0 Å².